The highest BCUT2D eigenvalue weighted by Crippen LogP contribution is 2.29. The van der Waals surface area contributed by atoms with Gasteiger partial charge in [0.15, 0.2) is 5.78 Å². The first-order valence-electron chi connectivity index (χ1n) is 10.5. The number of hydrogen-bond donors (Lipinski definition) is 2. The fraction of sp³-hybridized carbons (Fsp3) is 0.200. The number of rotatable bonds is 5. The van der Waals surface area contributed by atoms with E-state index in [4.69, 9.17) is 0 Å². The molecular formula is C25H24N4O3S. The molecule has 1 atom stereocenters. The van der Waals surface area contributed by atoms with Crippen LogP contribution in [0.3, 0.4) is 0 Å². The van der Waals surface area contributed by atoms with Gasteiger partial charge in [0.25, 0.3) is 5.91 Å². The molecule has 2 N–H and O–H groups in total. The number of urea groups is 1. The summed E-state index contributed by atoms with van der Waals surface area (Å²) in [6.07, 6.45) is -1.11. The Hall–Kier alpha value is -3.78. The second-order valence-electron chi connectivity index (χ2n) is 7.86. The average Bonchev–Trinajstić information content (AvgIpc) is 3.22. The van der Waals surface area contributed by atoms with E-state index in [1.165, 1.54) is 18.3 Å². The van der Waals surface area contributed by atoms with Crippen molar-refractivity contribution >= 4 is 46.1 Å². The lowest BCUT2D eigenvalue weighted by Gasteiger charge is -2.25. The summed E-state index contributed by atoms with van der Waals surface area (Å²) in [4.78, 5) is 45.1. The summed E-state index contributed by atoms with van der Waals surface area (Å²) in [6.45, 7) is 5.46. The van der Waals surface area contributed by atoms with Gasteiger partial charge in [0, 0.05) is 17.0 Å². The maximum atomic E-state index is 13.6. The SMILES string of the molecule is CC(=O)c1sccc1CN1C(=O)[C@H](NC(=O)Nc2cccc(C)c2)N=C(C)c2ccccc21. The minimum atomic E-state index is -1.11. The molecule has 1 aliphatic rings. The molecule has 33 heavy (non-hydrogen) atoms. The van der Waals surface area contributed by atoms with Gasteiger partial charge in [-0.25, -0.2) is 4.79 Å². The van der Waals surface area contributed by atoms with Gasteiger partial charge in [-0.05, 0) is 61.5 Å². The number of fused-ring (bicyclic) bond motifs is 1. The van der Waals surface area contributed by atoms with E-state index in [-0.39, 0.29) is 18.2 Å². The molecule has 0 unspecified atom stereocenters. The standard InChI is InChI=1S/C25H24N4O3S/c1-15-7-6-8-19(13-15)27-25(32)28-23-24(31)29(14-18-11-12-33-22(18)17(3)30)21-10-5-4-9-20(21)16(2)26-23/h4-13,23H,14H2,1-3H3,(H2,27,28,32)/t23-/m0/s1. The number of benzene rings is 2. The largest absolute Gasteiger partial charge is 0.321 e. The molecule has 2 aromatic carbocycles. The monoisotopic (exact) mass is 460 g/mol. The third kappa shape index (κ3) is 4.85. The van der Waals surface area contributed by atoms with Crippen LogP contribution in [-0.2, 0) is 11.3 Å². The first-order chi connectivity index (χ1) is 15.8. The van der Waals surface area contributed by atoms with E-state index in [2.05, 4.69) is 15.6 Å². The highest BCUT2D eigenvalue weighted by atomic mass is 32.1. The Morgan fingerprint density at radius 2 is 1.88 bits per heavy atom. The number of aryl methyl sites for hydroxylation is 1. The smallest absolute Gasteiger partial charge is 0.308 e. The third-order valence-electron chi connectivity index (χ3n) is 5.35. The number of hydrogen-bond acceptors (Lipinski definition) is 5. The highest BCUT2D eigenvalue weighted by Gasteiger charge is 2.32. The van der Waals surface area contributed by atoms with E-state index in [0.717, 1.165) is 16.7 Å². The molecule has 7 nitrogen and oxygen atoms in total. The van der Waals surface area contributed by atoms with Crippen molar-refractivity contribution in [1.29, 1.82) is 0 Å². The zero-order valence-electron chi connectivity index (χ0n) is 18.6. The van der Waals surface area contributed by atoms with Crippen molar-refractivity contribution in [2.45, 2.75) is 33.5 Å². The first-order valence-corrected chi connectivity index (χ1v) is 11.4. The minimum absolute atomic E-state index is 0.0461. The van der Waals surface area contributed by atoms with Crippen LogP contribution >= 0.6 is 11.3 Å². The van der Waals surface area contributed by atoms with Crippen LogP contribution in [0.15, 0.2) is 65.0 Å². The fourth-order valence-electron chi connectivity index (χ4n) is 3.81. The van der Waals surface area contributed by atoms with Crippen LogP contribution in [0, 0.1) is 6.92 Å². The van der Waals surface area contributed by atoms with E-state index in [9.17, 15) is 14.4 Å². The second-order valence-corrected chi connectivity index (χ2v) is 8.77. The van der Waals surface area contributed by atoms with Gasteiger partial charge in [0.1, 0.15) is 0 Å². The Labute approximate surface area is 196 Å². The van der Waals surface area contributed by atoms with Crippen LogP contribution in [0.5, 0.6) is 0 Å². The molecule has 168 valence electrons. The van der Waals surface area contributed by atoms with E-state index < -0.39 is 12.2 Å². The van der Waals surface area contributed by atoms with Crippen LogP contribution in [0.4, 0.5) is 16.2 Å². The summed E-state index contributed by atoms with van der Waals surface area (Å²) in [5.41, 5.74) is 4.52. The van der Waals surface area contributed by atoms with Gasteiger partial charge in [0.05, 0.1) is 17.1 Å². The number of ketones is 1. The van der Waals surface area contributed by atoms with Crippen LogP contribution < -0.4 is 15.5 Å². The second kappa shape index (κ2) is 9.38. The number of thiophene rings is 1. The summed E-state index contributed by atoms with van der Waals surface area (Å²) >= 11 is 1.35. The van der Waals surface area contributed by atoms with Gasteiger partial charge < -0.3 is 15.5 Å². The summed E-state index contributed by atoms with van der Waals surface area (Å²) in [6, 6.07) is 16.2. The van der Waals surface area contributed by atoms with Crippen LogP contribution in [0.1, 0.15) is 40.2 Å². The Morgan fingerprint density at radius 3 is 2.64 bits per heavy atom. The first kappa shape index (κ1) is 22.4. The molecule has 0 radical (unpaired) electrons. The molecule has 2 heterocycles. The van der Waals surface area contributed by atoms with Crippen molar-refractivity contribution < 1.29 is 14.4 Å². The van der Waals surface area contributed by atoms with Crippen molar-refractivity contribution in [2.75, 3.05) is 10.2 Å². The van der Waals surface area contributed by atoms with Crippen molar-refractivity contribution in [2.24, 2.45) is 4.99 Å². The van der Waals surface area contributed by atoms with Gasteiger partial charge in [-0.2, -0.15) is 0 Å². The van der Waals surface area contributed by atoms with Crippen LogP contribution in [0.2, 0.25) is 0 Å². The minimum Gasteiger partial charge on any atom is -0.308 e. The summed E-state index contributed by atoms with van der Waals surface area (Å²) in [5.74, 6) is -0.422. The quantitative estimate of drug-likeness (QED) is 0.538. The number of anilines is 2. The predicted molar refractivity (Wildman–Crippen MR) is 131 cm³/mol. The highest BCUT2D eigenvalue weighted by molar-refractivity contribution is 7.12. The normalized spacial score (nSPS) is 15.4. The molecular weight excluding hydrogens is 436 g/mol. The number of aliphatic imine (C=N–C) groups is 1. The predicted octanol–water partition coefficient (Wildman–Crippen LogP) is 4.76. The van der Waals surface area contributed by atoms with Crippen LogP contribution in [-0.4, -0.2) is 29.6 Å². The van der Waals surface area contributed by atoms with Crippen LogP contribution in [0.25, 0.3) is 0 Å². The number of Topliss-reactive ketones (excluding diaryl/α,β-unsaturated/α-hetero) is 1. The van der Waals surface area contributed by atoms with Gasteiger partial charge in [-0.1, -0.05) is 30.3 Å². The zero-order valence-corrected chi connectivity index (χ0v) is 19.4. The topological polar surface area (TPSA) is 90.9 Å². The molecule has 0 saturated carbocycles. The summed E-state index contributed by atoms with van der Waals surface area (Å²) in [5, 5.41) is 7.29. The molecule has 0 aliphatic carbocycles. The Bertz CT molecular complexity index is 1260. The van der Waals surface area contributed by atoms with Crippen molar-refractivity contribution in [1.82, 2.24) is 5.32 Å². The van der Waals surface area contributed by atoms with Crippen molar-refractivity contribution in [3.05, 3.63) is 81.5 Å². The molecule has 0 spiro atoms. The number of benzodiazepines with no additional fused rings is 1. The number of nitrogens with zero attached hydrogens (tertiary/aromatic N) is 2. The van der Waals surface area contributed by atoms with E-state index >= 15 is 0 Å². The Balaban J connectivity index is 1.64. The van der Waals surface area contributed by atoms with Crippen molar-refractivity contribution in [3.8, 4) is 0 Å². The maximum Gasteiger partial charge on any atom is 0.321 e. The lowest BCUT2D eigenvalue weighted by Crippen LogP contribution is -2.48. The van der Waals surface area contributed by atoms with Crippen molar-refractivity contribution in [3.63, 3.8) is 0 Å². The maximum absolute atomic E-state index is 13.6. The van der Waals surface area contributed by atoms with Gasteiger partial charge >= 0.3 is 6.03 Å². The lowest BCUT2D eigenvalue weighted by molar-refractivity contribution is -0.120. The lowest BCUT2D eigenvalue weighted by atomic mass is 10.1. The molecule has 8 heteroatoms. The van der Waals surface area contributed by atoms with Gasteiger partial charge in [0.2, 0.25) is 6.17 Å². The molecule has 1 aliphatic heterocycles. The van der Waals surface area contributed by atoms with Gasteiger partial charge in [-0.15, -0.1) is 11.3 Å². The number of amides is 3. The fourth-order valence-corrected chi connectivity index (χ4v) is 4.63. The Kier molecular flexibility index (Phi) is 6.37. The zero-order chi connectivity index (χ0) is 23.5. The summed E-state index contributed by atoms with van der Waals surface area (Å²) in [7, 11) is 0. The molecule has 0 saturated heterocycles. The Morgan fingerprint density at radius 1 is 1.09 bits per heavy atom. The number of para-hydroxylation sites is 1. The molecule has 4 rings (SSSR count). The molecule has 1 aromatic heterocycles. The molecule has 3 aromatic rings. The number of carbonyl (C=O) groups is 3. The molecule has 3 amide bonds. The van der Waals surface area contributed by atoms with E-state index in [1.54, 1.807) is 11.0 Å². The molecule has 0 bridgehead atoms. The number of nitrogens with one attached hydrogen (secondary N) is 2. The van der Waals surface area contributed by atoms with E-state index in [0.29, 0.717) is 22.0 Å². The molecule has 0 fully saturated rings. The summed E-state index contributed by atoms with van der Waals surface area (Å²) < 4.78 is 0. The van der Waals surface area contributed by atoms with Gasteiger partial charge in [-0.3, -0.25) is 14.6 Å². The number of carbonyl (C=O) groups excluding carboxylic acids is 3. The van der Waals surface area contributed by atoms with E-state index in [1.807, 2.05) is 67.8 Å². The third-order valence-corrected chi connectivity index (χ3v) is 6.40. The average molecular weight is 461 g/mol.